The summed E-state index contributed by atoms with van der Waals surface area (Å²) in [6.07, 6.45) is 0. The Bertz CT molecular complexity index is 284. The molecule has 0 aliphatic heterocycles. The number of aliphatic hydroxyl groups is 1. The maximum absolute atomic E-state index is 9.83. The third-order valence-corrected chi connectivity index (χ3v) is 2.09. The van der Waals surface area contributed by atoms with E-state index < -0.39 is 5.60 Å². The van der Waals surface area contributed by atoms with Gasteiger partial charge in [0.2, 0.25) is 0 Å². The molecule has 1 rings (SSSR count). The summed E-state index contributed by atoms with van der Waals surface area (Å²) in [5.74, 6) is 0.728. The van der Waals surface area contributed by atoms with E-state index >= 15 is 0 Å². The zero-order valence-electron chi connectivity index (χ0n) is 7.95. The third kappa shape index (κ3) is 2.20. The van der Waals surface area contributed by atoms with Crippen molar-refractivity contribution in [1.29, 1.82) is 0 Å². The van der Waals surface area contributed by atoms with E-state index in [0.717, 1.165) is 11.3 Å². The number of methoxy groups -OCH3 is 1. The summed E-state index contributed by atoms with van der Waals surface area (Å²) in [7, 11) is 1.59. The van der Waals surface area contributed by atoms with Gasteiger partial charge in [0, 0.05) is 6.54 Å². The molecule has 1 atom stereocenters. The van der Waals surface area contributed by atoms with Crippen LogP contribution >= 0.6 is 0 Å². The minimum atomic E-state index is -0.978. The summed E-state index contributed by atoms with van der Waals surface area (Å²) in [4.78, 5) is 0. The van der Waals surface area contributed by atoms with Crippen LogP contribution < -0.4 is 10.5 Å². The normalized spacial score (nSPS) is 15.1. The lowest BCUT2D eigenvalue weighted by molar-refractivity contribution is 0.0666. The molecule has 0 saturated carbocycles. The van der Waals surface area contributed by atoms with Gasteiger partial charge in [-0.2, -0.15) is 0 Å². The van der Waals surface area contributed by atoms with E-state index in [9.17, 15) is 5.11 Å². The van der Waals surface area contributed by atoms with Gasteiger partial charge in [-0.15, -0.1) is 0 Å². The summed E-state index contributed by atoms with van der Waals surface area (Å²) < 4.78 is 5.04. The van der Waals surface area contributed by atoms with Crippen molar-refractivity contribution < 1.29 is 9.84 Å². The average Bonchev–Trinajstić information content (AvgIpc) is 2.18. The molecule has 1 unspecified atom stereocenters. The van der Waals surface area contributed by atoms with Crippen LogP contribution in [0.4, 0.5) is 0 Å². The van der Waals surface area contributed by atoms with Crippen LogP contribution in [0.25, 0.3) is 0 Å². The second-order valence-corrected chi connectivity index (χ2v) is 3.21. The summed E-state index contributed by atoms with van der Waals surface area (Å²) in [6, 6.07) is 7.27. The van der Waals surface area contributed by atoms with Crippen molar-refractivity contribution in [1.82, 2.24) is 0 Å². The van der Waals surface area contributed by atoms with Gasteiger partial charge in [0.15, 0.2) is 0 Å². The predicted octanol–water partition coefficient (Wildman–Crippen LogP) is 0.861. The molecule has 0 heterocycles. The fourth-order valence-electron chi connectivity index (χ4n) is 1.08. The standard InChI is InChI=1S/C10H15NO2/c1-10(12,7-11)8-4-3-5-9(6-8)13-2/h3-6,12H,7,11H2,1-2H3. The smallest absolute Gasteiger partial charge is 0.119 e. The first-order chi connectivity index (χ1) is 6.10. The second kappa shape index (κ2) is 3.77. The van der Waals surface area contributed by atoms with Gasteiger partial charge in [0.25, 0.3) is 0 Å². The topological polar surface area (TPSA) is 55.5 Å². The molecule has 3 heteroatoms. The molecule has 1 aromatic rings. The van der Waals surface area contributed by atoms with Crippen molar-refractivity contribution in [3.63, 3.8) is 0 Å². The molecule has 0 aromatic heterocycles. The van der Waals surface area contributed by atoms with Crippen LogP contribution in [0.3, 0.4) is 0 Å². The van der Waals surface area contributed by atoms with Crippen LogP contribution in [0.1, 0.15) is 12.5 Å². The number of rotatable bonds is 3. The zero-order valence-corrected chi connectivity index (χ0v) is 7.95. The van der Waals surface area contributed by atoms with Crippen molar-refractivity contribution in [3.8, 4) is 5.75 Å². The first-order valence-corrected chi connectivity index (χ1v) is 4.17. The van der Waals surface area contributed by atoms with Crippen LogP contribution in [0.5, 0.6) is 5.75 Å². The molecule has 1 aromatic carbocycles. The van der Waals surface area contributed by atoms with E-state index in [0.29, 0.717) is 0 Å². The van der Waals surface area contributed by atoms with Crippen LogP contribution in [-0.4, -0.2) is 18.8 Å². The molecule has 3 nitrogen and oxygen atoms in total. The van der Waals surface area contributed by atoms with Gasteiger partial charge in [-0.3, -0.25) is 0 Å². The highest BCUT2D eigenvalue weighted by Crippen LogP contribution is 2.22. The summed E-state index contributed by atoms with van der Waals surface area (Å²) in [5.41, 5.74) is 5.23. The lowest BCUT2D eigenvalue weighted by atomic mass is 9.96. The molecule has 13 heavy (non-hydrogen) atoms. The quantitative estimate of drug-likeness (QED) is 0.727. The van der Waals surface area contributed by atoms with Crippen LogP contribution in [0.15, 0.2) is 24.3 Å². The highest BCUT2D eigenvalue weighted by atomic mass is 16.5. The van der Waals surface area contributed by atoms with Gasteiger partial charge in [0.1, 0.15) is 5.75 Å². The zero-order chi connectivity index (χ0) is 9.90. The Hall–Kier alpha value is -1.06. The van der Waals surface area contributed by atoms with E-state index in [1.807, 2.05) is 18.2 Å². The number of benzene rings is 1. The lowest BCUT2D eigenvalue weighted by Crippen LogP contribution is -2.31. The minimum absolute atomic E-state index is 0.195. The van der Waals surface area contributed by atoms with Crippen molar-refractivity contribution >= 4 is 0 Å². The van der Waals surface area contributed by atoms with Gasteiger partial charge < -0.3 is 15.6 Å². The molecule has 0 aliphatic carbocycles. The highest BCUT2D eigenvalue weighted by Gasteiger charge is 2.20. The van der Waals surface area contributed by atoms with Crippen molar-refractivity contribution in [2.75, 3.05) is 13.7 Å². The van der Waals surface area contributed by atoms with Crippen molar-refractivity contribution in [2.24, 2.45) is 5.73 Å². The first-order valence-electron chi connectivity index (χ1n) is 4.17. The molecule has 0 bridgehead atoms. The van der Waals surface area contributed by atoms with Crippen LogP contribution in [-0.2, 0) is 5.60 Å². The summed E-state index contributed by atoms with van der Waals surface area (Å²) >= 11 is 0. The van der Waals surface area contributed by atoms with Crippen molar-refractivity contribution in [2.45, 2.75) is 12.5 Å². The Morgan fingerprint density at radius 1 is 1.54 bits per heavy atom. The van der Waals surface area contributed by atoms with Crippen LogP contribution in [0.2, 0.25) is 0 Å². The van der Waals surface area contributed by atoms with E-state index in [1.165, 1.54) is 0 Å². The fraction of sp³-hybridized carbons (Fsp3) is 0.400. The van der Waals surface area contributed by atoms with E-state index in [4.69, 9.17) is 10.5 Å². The Balaban J connectivity index is 3.01. The molecular weight excluding hydrogens is 166 g/mol. The second-order valence-electron chi connectivity index (χ2n) is 3.21. The molecule has 72 valence electrons. The maximum atomic E-state index is 9.83. The fourth-order valence-corrected chi connectivity index (χ4v) is 1.08. The van der Waals surface area contributed by atoms with Gasteiger partial charge in [0.05, 0.1) is 12.7 Å². The number of hydrogen-bond donors (Lipinski definition) is 2. The molecule has 0 saturated heterocycles. The SMILES string of the molecule is COc1cccc(C(C)(O)CN)c1. The van der Waals surface area contributed by atoms with Gasteiger partial charge in [-0.1, -0.05) is 12.1 Å². The largest absolute Gasteiger partial charge is 0.497 e. The monoisotopic (exact) mass is 181 g/mol. The van der Waals surface area contributed by atoms with Gasteiger partial charge in [-0.25, -0.2) is 0 Å². The van der Waals surface area contributed by atoms with Gasteiger partial charge >= 0.3 is 0 Å². The highest BCUT2D eigenvalue weighted by molar-refractivity contribution is 5.32. The molecule has 0 amide bonds. The number of nitrogens with two attached hydrogens (primary N) is 1. The minimum Gasteiger partial charge on any atom is -0.497 e. The Morgan fingerprint density at radius 2 is 2.23 bits per heavy atom. The van der Waals surface area contributed by atoms with Crippen molar-refractivity contribution in [3.05, 3.63) is 29.8 Å². The summed E-state index contributed by atoms with van der Waals surface area (Å²) in [6.45, 7) is 1.88. The number of ether oxygens (including phenoxy) is 1. The average molecular weight is 181 g/mol. The molecule has 0 radical (unpaired) electrons. The maximum Gasteiger partial charge on any atom is 0.119 e. The third-order valence-electron chi connectivity index (χ3n) is 2.09. The molecule has 0 spiro atoms. The Kier molecular flexibility index (Phi) is 2.90. The van der Waals surface area contributed by atoms with E-state index in [2.05, 4.69) is 0 Å². The van der Waals surface area contributed by atoms with Gasteiger partial charge in [-0.05, 0) is 24.6 Å². The molecule has 0 aliphatic rings. The summed E-state index contributed by atoms with van der Waals surface area (Å²) in [5, 5.41) is 9.83. The van der Waals surface area contributed by atoms with E-state index in [1.54, 1.807) is 20.1 Å². The number of hydrogen-bond acceptors (Lipinski definition) is 3. The van der Waals surface area contributed by atoms with Crippen LogP contribution in [0, 0.1) is 0 Å². The lowest BCUT2D eigenvalue weighted by Gasteiger charge is -2.21. The Labute approximate surface area is 78.1 Å². The molecular formula is C10H15NO2. The predicted molar refractivity (Wildman–Crippen MR) is 51.6 cm³/mol. The Morgan fingerprint density at radius 3 is 2.77 bits per heavy atom. The van der Waals surface area contributed by atoms with E-state index in [-0.39, 0.29) is 6.54 Å². The molecule has 3 N–H and O–H groups in total. The molecule has 0 fully saturated rings. The first kappa shape index (κ1) is 10.0.